The molecule has 0 fully saturated rings. The van der Waals surface area contributed by atoms with Crippen LogP contribution in [0.15, 0.2) is 84.0 Å². The molecule has 3 rings (SSSR count). The number of hydrogen-bond acceptors (Lipinski definition) is 4. The van der Waals surface area contributed by atoms with Gasteiger partial charge in [-0.25, -0.2) is 8.42 Å². The second kappa shape index (κ2) is 7.79. The van der Waals surface area contributed by atoms with Crippen LogP contribution in [-0.4, -0.2) is 19.3 Å². The monoisotopic (exact) mass is 367 g/mol. The van der Waals surface area contributed by atoms with Gasteiger partial charge in [0.25, 0.3) is 15.9 Å². The SMILES string of the molecule is O=C(NCc1ccncc1)c1cccc(S(=O)(=O)Nc2ccccc2)c1. The van der Waals surface area contributed by atoms with Crippen molar-refractivity contribution in [2.24, 2.45) is 0 Å². The van der Waals surface area contributed by atoms with Gasteiger partial charge in [0.15, 0.2) is 0 Å². The molecular weight excluding hydrogens is 350 g/mol. The second-order valence-corrected chi connectivity index (χ2v) is 7.22. The van der Waals surface area contributed by atoms with E-state index >= 15 is 0 Å². The van der Waals surface area contributed by atoms with Crippen LogP contribution in [0.4, 0.5) is 5.69 Å². The Kier molecular flexibility index (Phi) is 5.28. The molecule has 0 aliphatic carbocycles. The number of carbonyl (C=O) groups is 1. The van der Waals surface area contributed by atoms with E-state index in [1.54, 1.807) is 67.0 Å². The number of anilines is 1. The molecule has 0 bridgehead atoms. The first-order chi connectivity index (χ1) is 12.5. The van der Waals surface area contributed by atoms with Crippen LogP contribution < -0.4 is 10.0 Å². The number of carbonyl (C=O) groups excluding carboxylic acids is 1. The van der Waals surface area contributed by atoms with Gasteiger partial charge in [-0.1, -0.05) is 24.3 Å². The van der Waals surface area contributed by atoms with Crippen molar-refractivity contribution in [2.75, 3.05) is 4.72 Å². The number of amides is 1. The minimum absolute atomic E-state index is 0.0258. The molecule has 0 aliphatic heterocycles. The van der Waals surface area contributed by atoms with Gasteiger partial charge in [-0.3, -0.25) is 14.5 Å². The van der Waals surface area contributed by atoms with Gasteiger partial charge in [-0.2, -0.15) is 0 Å². The molecule has 0 atom stereocenters. The van der Waals surface area contributed by atoms with Crippen molar-refractivity contribution in [2.45, 2.75) is 11.4 Å². The van der Waals surface area contributed by atoms with E-state index in [-0.39, 0.29) is 16.4 Å². The van der Waals surface area contributed by atoms with Crippen molar-refractivity contribution in [3.63, 3.8) is 0 Å². The molecule has 6 nitrogen and oxygen atoms in total. The maximum Gasteiger partial charge on any atom is 0.261 e. The fourth-order valence-electron chi connectivity index (χ4n) is 2.31. The summed E-state index contributed by atoms with van der Waals surface area (Å²) in [5.41, 5.74) is 1.64. The van der Waals surface area contributed by atoms with Gasteiger partial charge in [-0.15, -0.1) is 0 Å². The predicted molar refractivity (Wildman–Crippen MR) is 99.1 cm³/mol. The van der Waals surface area contributed by atoms with Gasteiger partial charge in [0, 0.05) is 30.2 Å². The largest absolute Gasteiger partial charge is 0.348 e. The van der Waals surface area contributed by atoms with E-state index in [0.717, 1.165) is 5.56 Å². The highest BCUT2D eigenvalue weighted by molar-refractivity contribution is 7.92. The van der Waals surface area contributed by atoms with Crippen LogP contribution in [0.3, 0.4) is 0 Å². The molecule has 0 saturated heterocycles. The minimum atomic E-state index is -3.77. The van der Waals surface area contributed by atoms with E-state index in [1.165, 1.54) is 12.1 Å². The van der Waals surface area contributed by atoms with Crippen molar-refractivity contribution < 1.29 is 13.2 Å². The quantitative estimate of drug-likeness (QED) is 0.701. The zero-order chi connectivity index (χ0) is 18.4. The summed E-state index contributed by atoms with van der Waals surface area (Å²) in [6.45, 7) is 0.334. The number of rotatable bonds is 6. The lowest BCUT2D eigenvalue weighted by Gasteiger charge is -2.10. The summed E-state index contributed by atoms with van der Waals surface area (Å²) >= 11 is 0. The number of benzene rings is 2. The zero-order valence-corrected chi connectivity index (χ0v) is 14.6. The molecule has 2 N–H and O–H groups in total. The number of pyridine rings is 1. The molecule has 26 heavy (non-hydrogen) atoms. The number of hydrogen-bond donors (Lipinski definition) is 2. The van der Waals surface area contributed by atoms with Crippen molar-refractivity contribution in [3.8, 4) is 0 Å². The van der Waals surface area contributed by atoms with Crippen LogP contribution in [0.5, 0.6) is 0 Å². The first-order valence-electron chi connectivity index (χ1n) is 7.90. The Morgan fingerprint density at radius 1 is 0.923 bits per heavy atom. The number of nitrogens with zero attached hydrogens (tertiary/aromatic N) is 1. The average Bonchev–Trinajstić information content (AvgIpc) is 2.67. The van der Waals surface area contributed by atoms with Gasteiger partial charge in [-0.05, 0) is 48.0 Å². The molecule has 7 heteroatoms. The Bertz CT molecular complexity index is 991. The van der Waals surface area contributed by atoms with Crippen molar-refractivity contribution in [1.29, 1.82) is 0 Å². The highest BCUT2D eigenvalue weighted by atomic mass is 32.2. The van der Waals surface area contributed by atoms with Crippen LogP contribution in [0.2, 0.25) is 0 Å². The van der Waals surface area contributed by atoms with Crippen LogP contribution >= 0.6 is 0 Å². The smallest absolute Gasteiger partial charge is 0.261 e. The number of aromatic nitrogens is 1. The number of para-hydroxylation sites is 1. The van der Waals surface area contributed by atoms with Crippen molar-refractivity contribution in [3.05, 3.63) is 90.3 Å². The summed E-state index contributed by atoms with van der Waals surface area (Å²) in [7, 11) is -3.77. The molecule has 0 spiro atoms. The maximum atomic E-state index is 12.5. The van der Waals surface area contributed by atoms with Crippen LogP contribution in [0, 0.1) is 0 Å². The van der Waals surface area contributed by atoms with E-state index in [2.05, 4.69) is 15.0 Å². The Morgan fingerprint density at radius 2 is 1.65 bits per heavy atom. The first-order valence-corrected chi connectivity index (χ1v) is 9.38. The first kappa shape index (κ1) is 17.6. The van der Waals surface area contributed by atoms with Crippen molar-refractivity contribution >= 4 is 21.6 Å². The Hall–Kier alpha value is -3.19. The average molecular weight is 367 g/mol. The van der Waals surface area contributed by atoms with Gasteiger partial charge in [0.05, 0.1) is 4.90 Å². The molecule has 0 unspecified atom stereocenters. The van der Waals surface area contributed by atoms with Crippen molar-refractivity contribution in [1.82, 2.24) is 10.3 Å². The lowest BCUT2D eigenvalue weighted by Crippen LogP contribution is -2.23. The van der Waals surface area contributed by atoms with E-state index in [9.17, 15) is 13.2 Å². The maximum absolute atomic E-state index is 12.5. The molecule has 132 valence electrons. The lowest BCUT2D eigenvalue weighted by molar-refractivity contribution is 0.0950. The van der Waals surface area contributed by atoms with E-state index in [1.807, 2.05) is 0 Å². The van der Waals surface area contributed by atoms with Gasteiger partial charge in [0.1, 0.15) is 0 Å². The molecule has 2 aromatic carbocycles. The van der Waals surface area contributed by atoms with Crippen LogP contribution in [0.25, 0.3) is 0 Å². The van der Waals surface area contributed by atoms with E-state index in [4.69, 9.17) is 0 Å². The summed E-state index contributed by atoms with van der Waals surface area (Å²) in [6.07, 6.45) is 3.29. The van der Waals surface area contributed by atoms with E-state index < -0.39 is 10.0 Å². The molecular formula is C19H17N3O3S. The van der Waals surface area contributed by atoms with Gasteiger partial charge >= 0.3 is 0 Å². The highest BCUT2D eigenvalue weighted by Crippen LogP contribution is 2.17. The molecule has 1 heterocycles. The Balaban J connectivity index is 1.74. The van der Waals surface area contributed by atoms with E-state index in [0.29, 0.717) is 12.2 Å². The predicted octanol–water partition coefficient (Wildman–Crippen LogP) is 2.81. The Morgan fingerprint density at radius 3 is 2.38 bits per heavy atom. The fourth-order valence-corrected chi connectivity index (χ4v) is 3.41. The number of sulfonamides is 1. The Labute approximate surface area is 152 Å². The van der Waals surface area contributed by atoms with Gasteiger partial charge < -0.3 is 5.32 Å². The highest BCUT2D eigenvalue weighted by Gasteiger charge is 2.16. The third-order valence-electron chi connectivity index (χ3n) is 3.63. The second-order valence-electron chi connectivity index (χ2n) is 5.54. The topological polar surface area (TPSA) is 88.2 Å². The number of nitrogens with one attached hydrogen (secondary N) is 2. The van der Waals surface area contributed by atoms with Gasteiger partial charge in [0.2, 0.25) is 0 Å². The summed E-state index contributed by atoms with van der Waals surface area (Å²) in [5, 5.41) is 2.76. The molecule has 0 aliphatic rings. The summed E-state index contributed by atoms with van der Waals surface area (Å²) in [4.78, 5) is 16.3. The molecule has 1 amide bonds. The standard InChI is InChI=1S/C19H17N3O3S/c23-19(21-14-15-9-11-20-12-10-15)16-5-4-8-18(13-16)26(24,25)22-17-6-2-1-3-7-17/h1-13,22H,14H2,(H,21,23). The molecule has 0 radical (unpaired) electrons. The fraction of sp³-hybridized carbons (Fsp3) is 0.0526. The van der Waals surface area contributed by atoms with Crippen LogP contribution in [0.1, 0.15) is 15.9 Å². The third-order valence-corrected chi connectivity index (χ3v) is 5.01. The normalized spacial score (nSPS) is 10.9. The third kappa shape index (κ3) is 4.46. The minimum Gasteiger partial charge on any atom is -0.348 e. The lowest BCUT2D eigenvalue weighted by atomic mass is 10.2. The summed E-state index contributed by atoms with van der Waals surface area (Å²) in [6, 6.07) is 18.1. The zero-order valence-electron chi connectivity index (χ0n) is 13.8. The molecule has 1 aromatic heterocycles. The molecule has 0 saturated carbocycles. The summed E-state index contributed by atoms with van der Waals surface area (Å²) < 4.78 is 27.5. The summed E-state index contributed by atoms with van der Waals surface area (Å²) in [5.74, 6) is -0.349. The molecule has 3 aromatic rings. The van der Waals surface area contributed by atoms with Crippen LogP contribution in [-0.2, 0) is 16.6 Å².